The fraction of sp³-hybridized carbons (Fsp3) is 0.765. The molecule has 2 heterocycles. The summed E-state index contributed by atoms with van der Waals surface area (Å²) < 4.78 is 4.95. The van der Waals surface area contributed by atoms with Gasteiger partial charge in [0.05, 0.1) is 6.54 Å². The molecule has 8 heteroatoms. The highest BCUT2D eigenvalue weighted by Gasteiger charge is 2.26. The lowest BCUT2D eigenvalue weighted by molar-refractivity contribution is -0.136. The van der Waals surface area contributed by atoms with Crippen molar-refractivity contribution >= 4 is 11.9 Å². The molecule has 0 bridgehead atoms. The second-order valence-corrected chi connectivity index (χ2v) is 6.41. The Morgan fingerprint density at radius 3 is 2.56 bits per heavy atom. The molecule has 1 amide bonds. The number of amides is 1. The molecule has 25 heavy (non-hydrogen) atoms. The molecule has 1 saturated heterocycles. The quantitative estimate of drug-likeness (QED) is 0.596. The third kappa shape index (κ3) is 5.44. The molecular weight excluding hydrogens is 320 g/mol. The summed E-state index contributed by atoms with van der Waals surface area (Å²) in [6, 6.07) is 0.309. The fourth-order valence-electron chi connectivity index (χ4n) is 3.10. The van der Waals surface area contributed by atoms with Crippen molar-refractivity contribution < 1.29 is 9.32 Å². The van der Waals surface area contributed by atoms with Gasteiger partial charge in [0.1, 0.15) is 0 Å². The molecule has 0 unspecified atom stereocenters. The number of likely N-dealkylation sites (tertiary alicyclic amines) is 1. The average molecular weight is 350 g/mol. The zero-order valence-electron chi connectivity index (χ0n) is 15.7. The van der Waals surface area contributed by atoms with Crippen LogP contribution in [0.5, 0.6) is 0 Å². The van der Waals surface area contributed by atoms with E-state index in [2.05, 4.69) is 39.6 Å². The van der Waals surface area contributed by atoms with Gasteiger partial charge in [0.25, 0.3) is 0 Å². The summed E-state index contributed by atoms with van der Waals surface area (Å²) >= 11 is 0. The standard InChI is InChI=1S/C17H30N6O2/c1-5-13(6-2)16(24)23-9-7-14(8-10-23)21-17(18-4)19-11-15-20-12(3)25-22-15/h13-14H,5-11H2,1-4H3,(H2,18,19,21). The van der Waals surface area contributed by atoms with Gasteiger partial charge in [-0.1, -0.05) is 19.0 Å². The topological polar surface area (TPSA) is 95.7 Å². The predicted octanol–water partition coefficient (Wildman–Crippen LogP) is 1.47. The van der Waals surface area contributed by atoms with Gasteiger partial charge in [0.15, 0.2) is 11.8 Å². The molecule has 1 fully saturated rings. The fourth-order valence-corrected chi connectivity index (χ4v) is 3.10. The van der Waals surface area contributed by atoms with E-state index in [9.17, 15) is 4.79 Å². The van der Waals surface area contributed by atoms with Crippen LogP contribution in [-0.4, -0.2) is 53.1 Å². The van der Waals surface area contributed by atoms with Crippen LogP contribution in [0.25, 0.3) is 0 Å². The first-order valence-corrected chi connectivity index (χ1v) is 9.12. The van der Waals surface area contributed by atoms with Crippen LogP contribution in [0.4, 0.5) is 0 Å². The zero-order valence-corrected chi connectivity index (χ0v) is 15.7. The molecule has 0 spiro atoms. The van der Waals surface area contributed by atoms with Gasteiger partial charge < -0.3 is 20.1 Å². The third-order valence-electron chi connectivity index (χ3n) is 4.69. The van der Waals surface area contributed by atoms with E-state index in [-0.39, 0.29) is 5.92 Å². The Kier molecular flexibility index (Phi) is 7.21. The molecule has 8 nitrogen and oxygen atoms in total. The smallest absolute Gasteiger partial charge is 0.225 e. The van der Waals surface area contributed by atoms with E-state index in [1.54, 1.807) is 14.0 Å². The van der Waals surface area contributed by atoms with Crippen molar-refractivity contribution in [1.29, 1.82) is 0 Å². The van der Waals surface area contributed by atoms with Crippen molar-refractivity contribution in [3.8, 4) is 0 Å². The number of rotatable bonds is 6. The van der Waals surface area contributed by atoms with Crippen LogP contribution >= 0.6 is 0 Å². The molecule has 2 rings (SSSR count). The van der Waals surface area contributed by atoms with Gasteiger partial charge in [-0.2, -0.15) is 4.98 Å². The molecule has 0 aromatic carbocycles. The van der Waals surface area contributed by atoms with Crippen molar-refractivity contribution in [1.82, 2.24) is 25.7 Å². The maximum atomic E-state index is 12.5. The second kappa shape index (κ2) is 9.39. The minimum Gasteiger partial charge on any atom is -0.354 e. The number of aryl methyl sites for hydroxylation is 1. The van der Waals surface area contributed by atoms with Gasteiger partial charge in [-0.05, 0) is 25.7 Å². The first-order chi connectivity index (χ1) is 12.1. The van der Waals surface area contributed by atoms with Crippen molar-refractivity contribution in [3.63, 3.8) is 0 Å². The highest BCUT2D eigenvalue weighted by Crippen LogP contribution is 2.17. The Bertz CT molecular complexity index is 573. The lowest BCUT2D eigenvalue weighted by Gasteiger charge is -2.34. The maximum Gasteiger partial charge on any atom is 0.225 e. The van der Waals surface area contributed by atoms with Gasteiger partial charge in [-0.25, -0.2) is 0 Å². The number of piperidine rings is 1. The van der Waals surface area contributed by atoms with E-state index in [1.807, 2.05) is 4.90 Å². The average Bonchev–Trinajstić information content (AvgIpc) is 3.05. The first-order valence-electron chi connectivity index (χ1n) is 9.12. The molecule has 1 aliphatic heterocycles. The minimum absolute atomic E-state index is 0.164. The zero-order chi connectivity index (χ0) is 18.2. The number of hydrogen-bond acceptors (Lipinski definition) is 5. The number of guanidine groups is 1. The number of nitrogens with zero attached hydrogens (tertiary/aromatic N) is 4. The number of nitrogens with one attached hydrogen (secondary N) is 2. The summed E-state index contributed by atoms with van der Waals surface area (Å²) in [7, 11) is 1.74. The van der Waals surface area contributed by atoms with Crippen LogP contribution in [0.1, 0.15) is 51.2 Å². The molecule has 1 aliphatic rings. The number of aromatic nitrogens is 2. The summed E-state index contributed by atoms with van der Waals surface area (Å²) in [5.41, 5.74) is 0. The Morgan fingerprint density at radius 1 is 1.36 bits per heavy atom. The molecule has 0 atom stereocenters. The van der Waals surface area contributed by atoms with Crippen LogP contribution in [0, 0.1) is 12.8 Å². The second-order valence-electron chi connectivity index (χ2n) is 6.41. The van der Waals surface area contributed by atoms with E-state index in [0.29, 0.717) is 36.2 Å². The molecule has 0 radical (unpaired) electrons. The van der Waals surface area contributed by atoms with Gasteiger partial charge in [0, 0.05) is 39.0 Å². The van der Waals surface area contributed by atoms with Gasteiger partial charge in [0.2, 0.25) is 11.8 Å². The van der Waals surface area contributed by atoms with Crippen LogP contribution in [0.3, 0.4) is 0 Å². The normalized spacial score (nSPS) is 16.4. The van der Waals surface area contributed by atoms with Crippen molar-refractivity contribution in [2.45, 2.75) is 59.0 Å². The van der Waals surface area contributed by atoms with Crippen LogP contribution < -0.4 is 10.6 Å². The van der Waals surface area contributed by atoms with Crippen molar-refractivity contribution in [3.05, 3.63) is 11.7 Å². The molecule has 1 aromatic rings. The lowest BCUT2D eigenvalue weighted by atomic mass is 9.98. The van der Waals surface area contributed by atoms with Crippen molar-refractivity contribution in [2.75, 3.05) is 20.1 Å². The van der Waals surface area contributed by atoms with Gasteiger partial charge >= 0.3 is 0 Å². The monoisotopic (exact) mass is 350 g/mol. The molecular formula is C17H30N6O2. The minimum atomic E-state index is 0.164. The Morgan fingerprint density at radius 2 is 2.04 bits per heavy atom. The van der Waals surface area contributed by atoms with Gasteiger partial charge in [-0.15, -0.1) is 0 Å². The lowest BCUT2D eigenvalue weighted by Crippen LogP contribution is -2.50. The predicted molar refractivity (Wildman–Crippen MR) is 96.0 cm³/mol. The van der Waals surface area contributed by atoms with E-state index < -0.39 is 0 Å². The third-order valence-corrected chi connectivity index (χ3v) is 4.69. The highest BCUT2D eigenvalue weighted by molar-refractivity contribution is 5.80. The van der Waals surface area contributed by atoms with Crippen LogP contribution in [0.2, 0.25) is 0 Å². The Hall–Kier alpha value is -2.12. The maximum absolute atomic E-state index is 12.5. The Balaban J connectivity index is 1.77. The summed E-state index contributed by atoms with van der Waals surface area (Å²) in [5, 5.41) is 10.5. The molecule has 140 valence electrons. The van der Waals surface area contributed by atoms with E-state index in [1.165, 1.54) is 0 Å². The summed E-state index contributed by atoms with van der Waals surface area (Å²) in [4.78, 5) is 22.9. The van der Waals surface area contributed by atoms with Gasteiger partial charge in [-0.3, -0.25) is 9.79 Å². The van der Waals surface area contributed by atoms with Crippen molar-refractivity contribution in [2.24, 2.45) is 10.9 Å². The summed E-state index contributed by atoms with van der Waals surface area (Å²) in [6.45, 7) is 7.99. The number of aliphatic imine (C=N–C) groups is 1. The van der Waals surface area contributed by atoms with Crippen LogP contribution in [0.15, 0.2) is 9.52 Å². The van der Waals surface area contributed by atoms with E-state index >= 15 is 0 Å². The number of hydrogen-bond donors (Lipinski definition) is 2. The number of carbonyl (C=O) groups is 1. The highest BCUT2D eigenvalue weighted by atomic mass is 16.5. The SMILES string of the molecule is CCC(CC)C(=O)N1CCC(NC(=NC)NCc2noc(C)n2)CC1. The molecule has 2 N–H and O–H groups in total. The van der Waals surface area contributed by atoms with Crippen LogP contribution in [-0.2, 0) is 11.3 Å². The molecule has 1 aromatic heterocycles. The summed E-state index contributed by atoms with van der Waals surface area (Å²) in [6.07, 6.45) is 3.68. The number of carbonyl (C=O) groups excluding carboxylic acids is 1. The molecule has 0 aliphatic carbocycles. The molecule has 0 saturated carbocycles. The largest absolute Gasteiger partial charge is 0.354 e. The first kappa shape index (κ1) is 19.2. The summed E-state index contributed by atoms with van der Waals surface area (Å²) in [5.74, 6) is 2.34. The van der Waals surface area contributed by atoms with E-state index in [0.717, 1.165) is 38.8 Å². The van der Waals surface area contributed by atoms with E-state index in [4.69, 9.17) is 4.52 Å². The Labute approximate surface area is 149 Å².